The van der Waals surface area contributed by atoms with Gasteiger partial charge in [0.2, 0.25) is 11.8 Å². The highest BCUT2D eigenvalue weighted by Gasteiger charge is 2.23. The molecule has 1 aromatic carbocycles. The fourth-order valence-electron chi connectivity index (χ4n) is 1.56. The third kappa shape index (κ3) is 3.82. The van der Waals surface area contributed by atoms with E-state index in [9.17, 15) is 14.0 Å². The first kappa shape index (κ1) is 15.7. The summed E-state index contributed by atoms with van der Waals surface area (Å²) in [6.07, 6.45) is 0. The second kappa shape index (κ2) is 6.74. The summed E-state index contributed by atoms with van der Waals surface area (Å²) >= 11 is 1.59. The molecule has 0 bridgehead atoms. The van der Waals surface area contributed by atoms with E-state index in [0.29, 0.717) is 11.6 Å². The quantitative estimate of drug-likeness (QED) is 0.776. The van der Waals surface area contributed by atoms with Crippen molar-refractivity contribution in [2.24, 2.45) is 5.73 Å². The Morgan fingerprint density at radius 2 is 2.21 bits per heavy atom. The normalized spacial score (nSPS) is 17.6. The molecule has 1 aromatic rings. The summed E-state index contributed by atoms with van der Waals surface area (Å²) in [5.74, 6) is -0.246. The number of primary amides is 1. The summed E-state index contributed by atoms with van der Waals surface area (Å²) in [4.78, 5) is 22.8. The van der Waals surface area contributed by atoms with Crippen molar-refractivity contribution in [3.8, 4) is 0 Å². The number of thioether (sulfide) groups is 1. The number of hydrogen-bond donors (Lipinski definition) is 3. The van der Waals surface area contributed by atoms with Crippen LogP contribution in [0.25, 0.3) is 0 Å². The average Bonchev–Trinajstić information content (AvgIpc) is 2.85. The molecule has 1 heterocycles. The lowest BCUT2D eigenvalue weighted by Crippen LogP contribution is -2.37. The highest BCUT2D eigenvalue weighted by atomic mass is 35.5. The predicted molar refractivity (Wildman–Crippen MR) is 75.0 cm³/mol. The number of hydrogen-bond acceptors (Lipinski definition) is 4. The molecule has 1 aliphatic heterocycles. The monoisotopic (exact) mass is 305 g/mol. The van der Waals surface area contributed by atoms with Crippen LogP contribution in [0, 0.1) is 5.82 Å². The van der Waals surface area contributed by atoms with Crippen molar-refractivity contribution in [3.05, 3.63) is 29.6 Å². The number of amides is 2. The van der Waals surface area contributed by atoms with E-state index in [2.05, 4.69) is 10.6 Å². The fourth-order valence-corrected chi connectivity index (χ4v) is 2.50. The first-order valence-corrected chi connectivity index (χ1v) is 6.45. The van der Waals surface area contributed by atoms with E-state index in [1.54, 1.807) is 11.8 Å². The highest BCUT2D eigenvalue weighted by molar-refractivity contribution is 7.99. The van der Waals surface area contributed by atoms with Gasteiger partial charge >= 0.3 is 0 Å². The molecular formula is C11H13ClFN3O2S. The summed E-state index contributed by atoms with van der Waals surface area (Å²) in [5.41, 5.74) is 5.22. The molecule has 8 heteroatoms. The first-order valence-electron chi connectivity index (χ1n) is 5.29. The van der Waals surface area contributed by atoms with Crippen LogP contribution in [-0.2, 0) is 4.79 Å². The second-order valence-corrected chi connectivity index (χ2v) is 4.85. The number of rotatable bonds is 3. The van der Waals surface area contributed by atoms with Crippen molar-refractivity contribution in [2.45, 2.75) is 6.04 Å². The van der Waals surface area contributed by atoms with Crippen LogP contribution in [0.5, 0.6) is 0 Å². The molecule has 0 radical (unpaired) electrons. The molecule has 1 saturated heterocycles. The molecule has 0 aliphatic carbocycles. The van der Waals surface area contributed by atoms with E-state index >= 15 is 0 Å². The molecule has 1 aliphatic rings. The van der Waals surface area contributed by atoms with Crippen LogP contribution >= 0.6 is 24.2 Å². The largest absolute Gasteiger partial charge is 0.366 e. The Hall–Kier alpha value is -1.31. The van der Waals surface area contributed by atoms with Crippen molar-refractivity contribution in [1.82, 2.24) is 5.32 Å². The number of carbonyl (C=O) groups excluding carboxylic acids is 2. The summed E-state index contributed by atoms with van der Waals surface area (Å²) < 4.78 is 13.5. The minimum atomic E-state index is -0.667. The number of anilines is 1. The van der Waals surface area contributed by atoms with Gasteiger partial charge in [0.05, 0.1) is 11.7 Å². The van der Waals surface area contributed by atoms with Gasteiger partial charge in [0.1, 0.15) is 5.82 Å². The van der Waals surface area contributed by atoms with E-state index in [0.717, 1.165) is 6.07 Å². The van der Waals surface area contributed by atoms with E-state index < -0.39 is 11.7 Å². The molecule has 2 rings (SSSR count). The van der Waals surface area contributed by atoms with Gasteiger partial charge in [-0.25, -0.2) is 4.39 Å². The molecule has 5 nitrogen and oxygen atoms in total. The molecule has 1 unspecified atom stereocenters. The van der Waals surface area contributed by atoms with Crippen molar-refractivity contribution >= 4 is 41.7 Å². The maximum absolute atomic E-state index is 13.5. The zero-order valence-electron chi connectivity index (χ0n) is 9.81. The van der Waals surface area contributed by atoms with Crippen LogP contribution in [0.15, 0.2) is 18.2 Å². The van der Waals surface area contributed by atoms with Gasteiger partial charge in [0, 0.05) is 17.2 Å². The molecule has 104 valence electrons. The molecule has 4 N–H and O–H groups in total. The summed E-state index contributed by atoms with van der Waals surface area (Å²) in [7, 11) is 0. The third-order valence-corrected chi connectivity index (χ3v) is 3.48. The number of carbonyl (C=O) groups is 2. The van der Waals surface area contributed by atoms with Gasteiger partial charge in [-0.05, 0) is 18.2 Å². The minimum absolute atomic E-state index is 0. The van der Waals surface area contributed by atoms with Crippen LogP contribution < -0.4 is 16.4 Å². The summed E-state index contributed by atoms with van der Waals surface area (Å²) in [6.45, 7) is 0. The molecule has 2 amide bonds. The predicted octanol–water partition coefficient (Wildman–Crippen LogP) is 0.947. The molecule has 1 fully saturated rings. The lowest BCUT2D eigenvalue weighted by Gasteiger charge is -2.11. The van der Waals surface area contributed by atoms with Crippen LogP contribution in [0.2, 0.25) is 0 Å². The molecule has 0 saturated carbocycles. The topological polar surface area (TPSA) is 84.2 Å². The number of benzene rings is 1. The van der Waals surface area contributed by atoms with Crippen molar-refractivity contribution in [1.29, 1.82) is 0 Å². The Kier molecular flexibility index (Phi) is 5.59. The number of nitrogens with one attached hydrogen (secondary N) is 2. The second-order valence-electron chi connectivity index (χ2n) is 3.82. The van der Waals surface area contributed by atoms with Gasteiger partial charge in [-0.1, -0.05) is 0 Å². The Bertz CT molecular complexity index is 495. The highest BCUT2D eigenvalue weighted by Crippen LogP contribution is 2.18. The minimum Gasteiger partial charge on any atom is -0.366 e. The summed E-state index contributed by atoms with van der Waals surface area (Å²) in [5, 5.41) is 5.42. The van der Waals surface area contributed by atoms with Gasteiger partial charge in [0.25, 0.3) is 0 Å². The summed E-state index contributed by atoms with van der Waals surface area (Å²) in [6, 6.07) is 3.27. The smallest absolute Gasteiger partial charge is 0.248 e. The first-order chi connectivity index (χ1) is 8.58. The zero-order valence-corrected chi connectivity index (χ0v) is 11.4. The molecular weight excluding hydrogens is 293 g/mol. The van der Waals surface area contributed by atoms with E-state index in [1.165, 1.54) is 12.1 Å². The van der Waals surface area contributed by atoms with Crippen molar-refractivity contribution < 1.29 is 14.0 Å². The standard InChI is InChI=1S/C11H12FN3O2S.ClH/c12-7-2-1-6(10(13)16)3-8(7)15-11(17)9-4-18-5-14-9;/h1-3,9,14H,4-5H2,(H2,13,16)(H,15,17);1H. The maximum atomic E-state index is 13.5. The lowest BCUT2D eigenvalue weighted by atomic mass is 10.1. The van der Waals surface area contributed by atoms with Gasteiger partial charge in [-0.2, -0.15) is 0 Å². The van der Waals surface area contributed by atoms with Gasteiger partial charge in [0.15, 0.2) is 0 Å². The molecule has 0 spiro atoms. The SMILES string of the molecule is Cl.NC(=O)c1ccc(F)c(NC(=O)C2CSCN2)c1. The Morgan fingerprint density at radius 1 is 1.47 bits per heavy atom. The van der Waals surface area contributed by atoms with Crippen LogP contribution in [0.3, 0.4) is 0 Å². The van der Waals surface area contributed by atoms with Gasteiger partial charge in [-0.3, -0.25) is 14.9 Å². The molecule has 19 heavy (non-hydrogen) atoms. The Balaban J connectivity index is 0.00000180. The zero-order chi connectivity index (χ0) is 13.1. The van der Waals surface area contributed by atoms with E-state index in [-0.39, 0.29) is 35.6 Å². The van der Waals surface area contributed by atoms with Crippen LogP contribution in [0.1, 0.15) is 10.4 Å². The van der Waals surface area contributed by atoms with Crippen LogP contribution in [0.4, 0.5) is 10.1 Å². The van der Waals surface area contributed by atoms with Crippen LogP contribution in [-0.4, -0.2) is 29.5 Å². The number of nitrogens with two attached hydrogens (primary N) is 1. The van der Waals surface area contributed by atoms with Crippen molar-refractivity contribution in [3.63, 3.8) is 0 Å². The van der Waals surface area contributed by atoms with Crippen molar-refractivity contribution in [2.75, 3.05) is 16.9 Å². The van der Waals surface area contributed by atoms with E-state index in [4.69, 9.17) is 5.73 Å². The van der Waals surface area contributed by atoms with Gasteiger partial charge in [-0.15, -0.1) is 24.2 Å². The average molecular weight is 306 g/mol. The fraction of sp³-hybridized carbons (Fsp3) is 0.273. The van der Waals surface area contributed by atoms with Gasteiger partial charge < -0.3 is 11.1 Å². The molecule has 1 atom stereocenters. The van der Waals surface area contributed by atoms with E-state index in [1.807, 2.05) is 0 Å². The Labute approximate surface area is 119 Å². The molecule has 0 aromatic heterocycles. The maximum Gasteiger partial charge on any atom is 0.248 e. The lowest BCUT2D eigenvalue weighted by molar-refractivity contribution is -0.117. The Morgan fingerprint density at radius 3 is 2.79 bits per heavy atom. The third-order valence-electron chi connectivity index (χ3n) is 2.54. The number of halogens is 2.